The minimum absolute atomic E-state index is 1.42. The third-order valence-corrected chi connectivity index (χ3v) is 1.27. The van der Waals surface area contributed by atoms with Crippen molar-refractivity contribution in [2.45, 2.75) is 12.7 Å². The molecule has 1 heterocycles. The molecule has 1 aliphatic rings. The summed E-state index contributed by atoms with van der Waals surface area (Å²) in [5, 5.41) is 2.56. The Labute approximate surface area is 54.3 Å². The second-order valence-corrected chi connectivity index (χ2v) is 1.92. The van der Waals surface area contributed by atoms with E-state index in [-0.39, 0.29) is 0 Å². The number of halogens is 1. The lowest BCUT2D eigenvalue weighted by Crippen LogP contribution is -2.35. The zero-order valence-electron chi connectivity index (χ0n) is 5.26. The molecule has 0 fully saturated rings. The van der Waals surface area contributed by atoms with Gasteiger partial charge in [-0.05, 0) is 18.4 Å². The van der Waals surface area contributed by atoms with E-state index in [9.17, 15) is 4.39 Å². The van der Waals surface area contributed by atoms with Crippen molar-refractivity contribution in [2.24, 2.45) is 0 Å². The van der Waals surface area contributed by atoms with Crippen LogP contribution < -0.4 is 5.32 Å². The fourth-order valence-electron chi connectivity index (χ4n) is 0.655. The van der Waals surface area contributed by atoms with Crippen molar-refractivity contribution in [1.29, 1.82) is 0 Å². The number of hydrogen-bond acceptors (Lipinski definition) is 1. The summed E-state index contributed by atoms with van der Waals surface area (Å²) >= 11 is 0. The number of hydrogen-bond donors (Lipinski definition) is 1. The lowest BCUT2D eigenvalue weighted by molar-refractivity contribution is 0.241. The van der Waals surface area contributed by atoms with Crippen LogP contribution in [0.3, 0.4) is 0 Å². The molecule has 0 aromatic rings. The van der Waals surface area contributed by atoms with E-state index >= 15 is 0 Å². The molecule has 9 heavy (non-hydrogen) atoms. The van der Waals surface area contributed by atoms with Gasteiger partial charge in [-0.15, -0.1) is 0 Å². The zero-order valence-corrected chi connectivity index (χ0v) is 5.26. The van der Waals surface area contributed by atoms with Gasteiger partial charge in [-0.2, -0.15) is 0 Å². The van der Waals surface area contributed by atoms with E-state index in [1.165, 1.54) is 12.5 Å². The first kappa shape index (κ1) is 6.33. The fraction of sp³-hybridized carbons (Fsp3) is 0.286. The Hall–Kier alpha value is -0.790. The van der Waals surface area contributed by atoms with Crippen LogP contribution in [0.5, 0.6) is 0 Å². The first-order valence-electron chi connectivity index (χ1n) is 2.88. The van der Waals surface area contributed by atoms with Crippen LogP contribution in [0, 0.1) is 6.42 Å². The van der Waals surface area contributed by atoms with Crippen LogP contribution in [-0.2, 0) is 0 Å². The van der Waals surface area contributed by atoms with Crippen molar-refractivity contribution in [2.75, 3.05) is 0 Å². The third-order valence-electron chi connectivity index (χ3n) is 1.27. The normalized spacial score (nSPS) is 32.2. The van der Waals surface area contributed by atoms with Crippen molar-refractivity contribution in [1.82, 2.24) is 5.32 Å². The highest BCUT2D eigenvalue weighted by molar-refractivity contribution is 5.19. The highest BCUT2D eigenvalue weighted by atomic mass is 19.1. The molecule has 1 nitrogen and oxygen atoms in total. The second kappa shape index (κ2) is 2.21. The van der Waals surface area contributed by atoms with Crippen molar-refractivity contribution in [3.05, 3.63) is 30.8 Å². The number of dihydropyridines is 1. The van der Waals surface area contributed by atoms with Crippen molar-refractivity contribution < 1.29 is 4.39 Å². The van der Waals surface area contributed by atoms with Gasteiger partial charge in [-0.1, -0.05) is 13.0 Å². The molecule has 0 spiro atoms. The number of allylic oxidation sites excluding steroid dienone is 2. The number of rotatable bonds is 1. The molecule has 1 radical (unpaired) electrons. The van der Waals surface area contributed by atoms with E-state index in [4.69, 9.17) is 0 Å². The number of alkyl halides is 1. The van der Waals surface area contributed by atoms with E-state index in [2.05, 4.69) is 5.32 Å². The van der Waals surface area contributed by atoms with E-state index < -0.39 is 5.79 Å². The smallest absolute Gasteiger partial charge is 0.202 e. The highest BCUT2D eigenvalue weighted by Crippen LogP contribution is 2.14. The molecule has 1 atom stereocenters. The molecular weight excluding hydrogens is 117 g/mol. The summed E-state index contributed by atoms with van der Waals surface area (Å²) in [6.45, 7) is 1.68. The molecule has 0 aromatic carbocycles. The largest absolute Gasteiger partial charge is 0.356 e. The van der Waals surface area contributed by atoms with Crippen LogP contribution in [0.1, 0.15) is 6.92 Å². The summed E-state index contributed by atoms with van der Waals surface area (Å²) in [6.07, 6.45) is 7.94. The Morgan fingerprint density at radius 2 is 2.33 bits per heavy atom. The van der Waals surface area contributed by atoms with Gasteiger partial charge in [0.15, 0.2) is 0 Å². The van der Waals surface area contributed by atoms with Gasteiger partial charge in [0.25, 0.3) is 0 Å². The maximum atomic E-state index is 13.0. The van der Waals surface area contributed by atoms with Gasteiger partial charge in [0.1, 0.15) is 0 Å². The Morgan fingerprint density at radius 3 is 2.67 bits per heavy atom. The summed E-state index contributed by atoms with van der Waals surface area (Å²) < 4.78 is 13.0. The van der Waals surface area contributed by atoms with Gasteiger partial charge in [-0.25, -0.2) is 4.39 Å². The van der Waals surface area contributed by atoms with Crippen molar-refractivity contribution >= 4 is 0 Å². The SMILES string of the molecule is C[CH]C1(F)C=CC=CN1. The van der Waals surface area contributed by atoms with E-state index in [1.54, 1.807) is 25.3 Å². The van der Waals surface area contributed by atoms with E-state index in [0.717, 1.165) is 0 Å². The molecule has 0 saturated carbocycles. The predicted molar refractivity (Wildman–Crippen MR) is 35.2 cm³/mol. The standard InChI is InChI=1S/C7H9FN/c1-2-7(8)5-3-4-6-9-7/h2-6,9H,1H3. The van der Waals surface area contributed by atoms with Crippen molar-refractivity contribution in [3.8, 4) is 0 Å². The minimum Gasteiger partial charge on any atom is -0.356 e. The lowest BCUT2D eigenvalue weighted by Gasteiger charge is -2.21. The topological polar surface area (TPSA) is 12.0 Å². The molecule has 1 rings (SSSR count). The zero-order chi connectivity index (χ0) is 6.74. The third kappa shape index (κ3) is 1.31. The van der Waals surface area contributed by atoms with Crippen LogP contribution >= 0.6 is 0 Å². The maximum Gasteiger partial charge on any atom is 0.202 e. The monoisotopic (exact) mass is 126 g/mol. The average Bonchev–Trinajstić information content (AvgIpc) is 1.90. The quantitative estimate of drug-likeness (QED) is 0.525. The first-order chi connectivity index (χ1) is 4.27. The second-order valence-electron chi connectivity index (χ2n) is 1.92. The summed E-state index contributed by atoms with van der Waals surface area (Å²) in [4.78, 5) is 0. The summed E-state index contributed by atoms with van der Waals surface area (Å²) in [7, 11) is 0. The number of nitrogens with one attached hydrogen (secondary N) is 1. The van der Waals surface area contributed by atoms with Crippen LogP contribution in [0.2, 0.25) is 0 Å². The summed E-state index contributed by atoms with van der Waals surface area (Å²) in [6, 6.07) is 0. The average molecular weight is 126 g/mol. The summed E-state index contributed by atoms with van der Waals surface area (Å²) in [5.74, 6) is -1.42. The Kier molecular flexibility index (Phi) is 1.56. The van der Waals surface area contributed by atoms with Gasteiger partial charge in [0.05, 0.1) is 0 Å². The molecule has 1 aliphatic heterocycles. The molecule has 1 N–H and O–H groups in total. The van der Waals surface area contributed by atoms with E-state index in [1.807, 2.05) is 0 Å². The Bertz CT molecular complexity index is 151. The molecule has 0 amide bonds. The fourth-order valence-corrected chi connectivity index (χ4v) is 0.655. The van der Waals surface area contributed by atoms with Gasteiger partial charge >= 0.3 is 0 Å². The molecular formula is C7H9FN. The van der Waals surface area contributed by atoms with Gasteiger partial charge in [0, 0.05) is 6.42 Å². The molecule has 49 valence electrons. The van der Waals surface area contributed by atoms with Gasteiger partial charge < -0.3 is 5.32 Å². The minimum atomic E-state index is -1.42. The first-order valence-corrected chi connectivity index (χ1v) is 2.88. The molecule has 0 aromatic heterocycles. The Morgan fingerprint density at radius 1 is 1.56 bits per heavy atom. The Balaban J connectivity index is 2.63. The van der Waals surface area contributed by atoms with Crippen molar-refractivity contribution in [3.63, 3.8) is 0 Å². The lowest BCUT2D eigenvalue weighted by atomic mass is 10.1. The van der Waals surface area contributed by atoms with Crippen LogP contribution in [0.4, 0.5) is 4.39 Å². The van der Waals surface area contributed by atoms with E-state index in [0.29, 0.717) is 0 Å². The maximum absolute atomic E-state index is 13.0. The predicted octanol–water partition coefficient (Wildman–Crippen LogP) is 1.55. The van der Waals surface area contributed by atoms with Crippen LogP contribution in [-0.4, -0.2) is 5.79 Å². The molecule has 1 unspecified atom stereocenters. The van der Waals surface area contributed by atoms with Gasteiger partial charge in [0.2, 0.25) is 5.79 Å². The van der Waals surface area contributed by atoms with Crippen LogP contribution in [0.25, 0.3) is 0 Å². The molecule has 0 bridgehead atoms. The molecule has 0 saturated heterocycles. The van der Waals surface area contributed by atoms with Gasteiger partial charge in [-0.3, -0.25) is 0 Å². The molecule has 0 aliphatic carbocycles. The summed E-state index contributed by atoms with van der Waals surface area (Å²) in [5.41, 5.74) is 0. The van der Waals surface area contributed by atoms with Crippen LogP contribution in [0.15, 0.2) is 24.4 Å². The highest BCUT2D eigenvalue weighted by Gasteiger charge is 2.22. The molecule has 2 heteroatoms.